The predicted octanol–water partition coefficient (Wildman–Crippen LogP) is 2.03. The summed E-state index contributed by atoms with van der Waals surface area (Å²) in [5.41, 5.74) is 1.11. The third-order valence-corrected chi connectivity index (χ3v) is 2.15. The van der Waals surface area contributed by atoms with Crippen LogP contribution in [0.4, 0.5) is 0 Å². The summed E-state index contributed by atoms with van der Waals surface area (Å²) in [4.78, 5) is 15.4. The van der Waals surface area contributed by atoms with Crippen molar-refractivity contribution in [2.24, 2.45) is 4.99 Å². The predicted molar refractivity (Wildman–Crippen MR) is 53.5 cm³/mol. The Balaban J connectivity index is 2.36. The van der Waals surface area contributed by atoms with Gasteiger partial charge in [0.25, 0.3) is 0 Å². The van der Waals surface area contributed by atoms with Gasteiger partial charge in [0.2, 0.25) is 0 Å². The summed E-state index contributed by atoms with van der Waals surface area (Å²) in [5, 5.41) is 0.633. The largest absolute Gasteiger partial charge is 0.435 e. The van der Waals surface area contributed by atoms with E-state index in [0.717, 1.165) is 5.56 Å². The molecule has 14 heavy (non-hydrogen) atoms. The van der Waals surface area contributed by atoms with Gasteiger partial charge in [0.05, 0.1) is 0 Å². The molecule has 1 aromatic rings. The lowest BCUT2D eigenvalue weighted by Crippen LogP contribution is -2.12. The Morgan fingerprint density at radius 2 is 2.00 bits per heavy atom. The van der Waals surface area contributed by atoms with E-state index in [2.05, 4.69) is 4.99 Å². The molecule has 1 aromatic carbocycles. The van der Waals surface area contributed by atoms with Crippen LogP contribution in [0.2, 0.25) is 5.02 Å². The van der Waals surface area contributed by atoms with Crippen molar-refractivity contribution < 1.29 is 9.53 Å². The van der Waals surface area contributed by atoms with Gasteiger partial charge in [-0.05, 0) is 19.1 Å². The monoisotopic (exact) mass is 209 g/mol. The molecular weight excluding hydrogens is 202 g/mol. The number of hydrogen-bond donors (Lipinski definition) is 0. The fourth-order valence-electron chi connectivity index (χ4n) is 1.27. The normalized spacial score (nSPS) is 20.6. The van der Waals surface area contributed by atoms with Crippen LogP contribution >= 0.6 is 11.6 Å². The Morgan fingerprint density at radius 3 is 2.50 bits per heavy atom. The molecule has 1 aliphatic heterocycles. The molecule has 1 heterocycles. The smallest absolute Gasteiger partial charge is 0.359 e. The van der Waals surface area contributed by atoms with Crippen LogP contribution in [0.3, 0.4) is 0 Å². The van der Waals surface area contributed by atoms with Crippen LogP contribution in [0, 0.1) is 0 Å². The number of esters is 1. The van der Waals surface area contributed by atoms with Gasteiger partial charge in [0.15, 0.2) is 11.9 Å². The SMILES string of the molecule is CC1N=C(c2ccc(Cl)cc2)C(=O)O1. The molecular formula is C10H8ClNO2. The van der Waals surface area contributed by atoms with Crippen LogP contribution in [0.15, 0.2) is 29.3 Å². The topological polar surface area (TPSA) is 38.7 Å². The second-order valence-corrected chi connectivity index (χ2v) is 3.43. The number of carbonyl (C=O) groups excluding carboxylic acids is 1. The molecule has 0 bridgehead atoms. The average Bonchev–Trinajstić information content (AvgIpc) is 2.47. The molecule has 0 N–H and O–H groups in total. The molecule has 0 amide bonds. The highest BCUT2D eigenvalue weighted by Gasteiger charge is 2.25. The molecule has 0 aliphatic carbocycles. The summed E-state index contributed by atoms with van der Waals surface area (Å²) in [6, 6.07) is 6.94. The molecule has 0 aromatic heterocycles. The van der Waals surface area contributed by atoms with E-state index in [9.17, 15) is 4.79 Å². The number of rotatable bonds is 1. The van der Waals surface area contributed by atoms with Crippen LogP contribution in [0.5, 0.6) is 0 Å². The standard InChI is InChI=1S/C10H8ClNO2/c1-6-12-9(10(13)14-6)7-2-4-8(11)5-3-7/h2-6H,1H3. The van der Waals surface area contributed by atoms with Crippen LogP contribution in [0.1, 0.15) is 12.5 Å². The minimum Gasteiger partial charge on any atom is -0.435 e. The van der Waals surface area contributed by atoms with Gasteiger partial charge in [-0.25, -0.2) is 9.79 Å². The maximum absolute atomic E-state index is 11.3. The van der Waals surface area contributed by atoms with E-state index in [1.807, 2.05) is 0 Å². The molecule has 0 saturated carbocycles. The number of aliphatic imine (C=N–C) groups is 1. The van der Waals surface area contributed by atoms with Crippen molar-refractivity contribution >= 4 is 23.3 Å². The van der Waals surface area contributed by atoms with E-state index >= 15 is 0 Å². The number of cyclic esters (lactones) is 1. The summed E-state index contributed by atoms with van der Waals surface area (Å²) in [6.07, 6.45) is -0.381. The van der Waals surface area contributed by atoms with Crippen molar-refractivity contribution in [1.29, 1.82) is 0 Å². The van der Waals surface area contributed by atoms with Gasteiger partial charge in [-0.1, -0.05) is 23.7 Å². The highest BCUT2D eigenvalue weighted by Crippen LogP contribution is 2.15. The zero-order valence-electron chi connectivity index (χ0n) is 7.53. The molecule has 1 atom stereocenters. The molecule has 2 rings (SSSR count). The lowest BCUT2D eigenvalue weighted by atomic mass is 10.1. The van der Waals surface area contributed by atoms with E-state index in [0.29, 0.717) is 10.7 Å². The quantitative estimate of drug-likeness (QED) is 0.664. The van der Waals surface area contributed by atoms with Crippen LogP contribution in [0.25, 0.3) is 0 Å². The minimum atomic E-state index is -0.381. The fraction of sp³-hybridized carbons (Fsp3) is 0.200. The van der Waals surface area contributed by atoms with Crippen molar-refractivity contribution in [3.63, 3.8) is 0 Å². The second-order valence-electron chi connectivity index (χ2n) is 2.99. The van der Waals surface area contributed by atoms with Gasteiger partial charge in [0, 0.05) is 10.6 Å². The summed E-state index contributed by atoms with van der Waals surface area (Å²) in [6.45, 7) is 1.72. The first-order valence-electron chi connectivity index (χ1n) is 4.21. The number of nitrogens with zero attached hydrogens (tertiary/aromatic N) is 1. The van der Waals surface area contributed by atoms with Crippen molar-refractivity contribution in [2.45, 2.75) is 13.2 Å². The molecule has 1 unspecified atom stereocenters. The van der Waals surface area contributed by atoms with Crippen LogP contribution in [-0.2, 0) is 9.53 Å². The van der Waals surface area contributed by atoms with Crippen molar-refractivity contribution in [3.05, 3.63) is 34.9 Å². The first kappa shape index (κ1) is 9.21. The summed E-state index contributed by atoms with van der Waals surface area (Å²) >= 11 is 5.73. The first-order chi connectivity index (χ1) is 6.66. The Bertz CT molecular complexity index is 397. The van der Waals surface area contributed by atoms with E-state index in [4.69, 9.17) is 16.3 Å². The molecule has 72 valence electrons. The Hall–Kier alpha value is -1.35. The maximum atomic E-state index is 11.3. The second kappa shape index (κ2) is 3.42. The van der Waals surface area contributed by atoms with Crippen molar-refractivity contribution in [1.82, 2.24) is 0 Å². The van der Waals surface area contributed by atoms with E-state index in [-0.39, 0.29) is 12.2 Å². The Kier molecular flexibility index (Phi) is 2.25. The van der Waals surface area contributed by atoms with E-state index in [1.165, 1.54) is 0 Å². The fourth-order valence-corrected chi connectivity index (χ4v) is 1.40. The van der Waals surface area contributed by atoms with Crippen LogP contribution in [-0.4, -0.2) is 17.9 Å². The van der Waals surface area contributed by atoms with Gasteiger partial charge in [-0.15, -0.1) is 0 Å². The Morgan fingerprint density at radius 1 is 1.36 bits per heavy atom. The number of hydrogen-bond acceptors (Lipinski definition) is 3. The van der Waals surface area contributed by atoms with Gasteiger partial charge in [-0.3, -0.25) is 0 Å². The average molecular weight is 210 g/mol. The van der Waals surface area contributed by atoms with E-state index < -0.39 is 0 Å². The highest BCUT2D eigenvalue weighted by molar-refractivity contribution is 6.44. The van der Waals surface area contributed by atoms with Crippen molar-refractivity contribution in [2.75, 3.05) is 0 Å². The summed E-state index contributed by atoms with van der Waals surface area (Å²) in [7, 11) is 0. The zero-order chi connectivity index (χ0) is 10.1. The maximum Gasteiger partial charge on any atom is 0.359 e. The number of carbonyl (C=O) groups is 1. The lowest BCUT2D eigenvalue weighted by Gasteiger charge is -1.97. The third-order valence-electron chi connectivity index (χ3n) is 1.90. The molecule has 0 saturated heterocycles. The van der Waals surface area contributed by atoms with Crippen LogP contribution < -0.4 is 0 Å². The van der Waals surface area contributed by atoms with E-state index in [1.54, 1.807) is 31.2 Å². The number of benzene rings is 1. The zero-order valence-corrected chi connectivity index (χ0v) is 8.28. The molecule has 1 aliphatic rings. The lowest BCUT2D eigenvalue weighted by molar-refractivity contribution is -0.136. The molecule has 3 nitrogen and oxygen atoms in total. The van der Waals surface area contributed by atoms with Gasteiger partial charge < -0.3 is 4.74 Å². The summed E-state index contributed by atoms with van der Waals surface area (Å²) in [5.74, 6) is -0.375. The number of ether oxygens (including phenoxy) is 1. The molecule has 0 spiro atoms. The Labute approximate surface area is 86.4 Å². The first-order valence-corrected chi connectivity index (χ1v) is 4.59. The molecule has 4 heteroatoms. The van der Waals surface area contributed by atoms with Gasteiger partial charge >= 0.3 is 5.97 Å². The minimum absolute atomic E-state index is 0.370. The van der Waals surface area contributed by atoms with Gasteiger partial charge in [0.1, 0.15) is 0 Å². The van der Waals surface area contributed by atoms with Gasteiger partial charge in [-0.2, -0.15) is 0 Å². The van der Waals surface area contributed by atoms with Crippen molar-refractivity contribution in [3.8, 4) is 0 Å². The highest BCUT2D eigenvalue weighted by atomic mass is 35.5. The molecule has 0 fully saturated rings. The molecule has 0 radical (unpaired) electrons. The summed E-state index contributed by atoms with van der Waals surface area (Å²) < 4.78 is 4.88. The third kappa shape index (κ3) is 1.63. The number of halogens is 1.